The maximum atomic E-state index is 12.1. The van der Waals surface area contributed by atoms with E-state index in [0.717, 1.165) is 11.3 Å². The lowest BCUT2D eigenvalue weighted by molar-refractivity contribution is -0.133. The number of carbonyl (C=O) groups excluding carboxylic acids is 1. The van der Waals surface area contributed by atoms with Crippen LogP contribution < -0.4 is 0 Å². The summed E-state index contributed by atoms with van der Waals surface area (Å²) in [5.41, 5.74) is 0. The van der Waals surface area contributed by atoms with E-state index in [1.165, 1.54) is 0 Å². The first-order valence-electron chi connectivity index (χ1n) is 5.09. The minimum atomic E-state index is -2.49. The third-order valence-corrected chi connectivity index (χ3v) is 2.17. The first-order valence-corrected chi connectivity index (χ1v) is 5.62. The molecule has 0 spiro atoms. The Morgan fingerprint density at radius 2 is 2.00 bits per heavy atom. The Hall–Kier alpha value is -0.380. The molecular weight excluding hydrogens is 224 g/mol. The van der Waals surface area contributed by atoms with Gasteiger partial charge in [-0.25, -0.2) is 8.78 Å². The lowest BCUT2D eigenvalue weighted by Gasteiger charge is -2.21. The molecule has 5 heteroatoms. The molecule has 0 aliphatic carbocycles. The fourth-order valence-electron chi connectivity index (χ4n) is 1.16. The molecule has 0 fully saturated rings. The largest absolute Gasteiger partial charge is 0.336 e. The highest BCUT2D eigenvalue weighted by atomic mass is 35.5. The van der Waals surface area contributed by atoms with Crippen molar-refractivity contribution in [3.05, 3.63) is 0 Å². The fraction of sp³-hybridized carbons (Fsp3) is 0.900. The van der Waals surface area contributed by atoms with E-state index >= 15 is 0 Å². The van der Waals surface area contributed by atoms with E-state index in [9.17, 15) is 13.6 Å². The summed E-state index contributed by atoms with van der Waals surface area (Å²) < 4.78 is 24.3. The molecule has 1 amide bonds. The van der Waals surface area contributed by atoms with Crippen LogP contribution >= 0.6 is 11.6 Å². The van der Waals surface area contributed by atoms with Crippen LogP contribution in [0.3, 0.4) is 0 Å². The van der Waals surface area contributed by atoms with Gasteiger partial charge in [-0.15, -0.1) is 11.6 Å². The fourth-order valence-corrected chi connectivity index (χ4v) is 1.36. The molecule has 90 valence electrons. The normalized spacial score (nSPS) is 11.1. The Morgan fingerprint density at radius 1 is 1.40 bits per heavy atom. The second-order valence-corrected chi connectivity index (χ2v) is 4.23. The van der Waals surface area contributed by atoms with Gasteiger partial charge >= 0.3 is 0 Å². The van der Waals surface area contributed by atoms with E-state index in [0.29, 0.717) is 12.3 Å². The minimum Gasteiger partial charge on any atom is -0.336 e. The summed E-state index contributed by atoms with van der Waals surface area (Å²) in [7, 11) is 0. The van der Waals surface area contributed by atoms with Gasteiger partial charge < -0.3 is 4.90 Å². The molecule has 0 rings (SSSR count). The standard InChI is InChI=1S/C10H18ClF2NO/c1-8(2)3-4-10(15)14(6-5-11)7-9(12)13/h8-9H,3-7H2,1-2H3. The summed E-state index contributed by atoms with van der Waals surface area (Å²) in [5, 5.41) is 0. The van der Waals surface area contributed by atoms with Crippen molar-refractivity contribution in [2.24, 2.45) is 5.92 Å². The Kier molecular flexibility index (Phi) is 7.65. The van der Waals surface area contributed by atoms with Crippen LogP contribution in [0.25, 0.3) is 0 Å². The number of hydrogen-bond acceptors (Lipinski definition) is 1. The molecule has 15 heavy (non-hydrogen) atoms. The molecule has 0 aliphatic heterocycles. The Morgan fingerprint density at radius 3 is 2.40 bits per heavy atom. The average molecular weight is 242 g/mol. The highest BCUT2D eigenvalue weighted by Gasteiger charge is 2.17. The van der Waals surface area contributed by atoms with Crippen LogP contribution in [0.5, 0.6) is 0 Å². The lowest BCUT2D eigenvalue weighted by atomic mass is 10.1. The molecule has 0 radical (unpaired) electrons. The molecule has 0 N–H and O–H groups in total. The second-order valence-electron chi connectivity index (χ2n) is 3.85. The Bertz CT molecular complexity index is 188. The number of rotatable bonds is 7. The number of halogens is 3. The van der Waals surface area contributed by atoms with Crippen LogP contribution in [0.15, 0.2) is 0 Å². The molecule has 0 aliphatic rings. The zero-order valence-corrected chi connectivity index (χ0v) is 9.94. The van der Waals surface area contributed by atoms with Crippen LogP contribution in [0, 0.1) is 5.92 Å². The topological polar surface area (TPSA) is 20.3 Å². The third kappa shape index (κ3) is 7.54. The maximum Gasteiger partial charge on any atom is 0.255 e. The summed E-state index contributed by atoms with van der Waals surface area (Å²) in [6, 6.07) is 0. The Balaban J connectivity index is 4.04. The molecule has 0 saturated heterocycles. The second kappa shape index (κ2) is 7.85. The van der Waals surface area contributed by atoms with Gasteiger partial charge in [0, 0.05) is 18.8 Å². The smallest absolute Gasteiger partial charge is 0.255 e. The zero-order valence-electron chi connectivity index (χ0n) is 9.18. The number of nitrogens with zero attached hydrogens (tertiary/aromatic N) is 1. The first kappa shape index (κ1) is 14.6. The first-order chi connectivity index (χ1) is 6.97. The van der Waals surface area contributed by atoms with Gasteiger partial charge in [-0.2, -0.15) is 0 Å². The van der Waals surface area contributed by atoms with Crippen LogP contribution in [-0.2, 0) is 4.79 Å². The summed E-state index contributed by atoms with van der Waals surface area (Å²) in [5.74, 6) is 0.364. The van der Waals surface area contributed by atoms with Gasteiger partial charge in [-0.1, -0.05) is 13.8 Å². The average Bonchev–Trinajstić information content (AvgIpc) is 2.12. The van der Waals surface area contributed by atoms with Crippen molar-refractivity contribution in [3.63, 3.8) is 0 Å². The number of hydrogen-bond donors (Lipinski definition) is 0. The third-order valence-electron chi connectivity index (χ3n) is 2.00. The SMILES string of the molecule is CC(C)CCC(=O)N(CCCl)CC(F)F. The van der Waals surface area contributed by atoms with E-state index in [1.54, 1.807) is 0 Å². The molecule has 0 aromatic carbocycles. The molecule has 0 aromatic heterocycles. The van der Waals surface area contributed by atoms with Crippen molar-refractivity contribution >= 4 is 17.5 Å². The molecule has 0 atom stereocenters. The molecule has 0 bridgehead atoms. The minimum absolute atomic E-state index is 0.195. The van der Waals surface area contributed by atoms with Crippen LogP contribution in [-0.4, -0.2) is 36.2 Å². The Labute approximate surface area is 94.6 Å². The summed E-state index contributed by atoms with van der Waals surface area (Å²) >= 11 is 5.45. The van der Waals surface area contributed by atoms with Crippen molar-refractivity contribution in [3.8, 4) is 0 Å². The van der Waals surface area contributed by atoms with Gasteiger partial charge in [0.2, 0.25) is 5.91 Å². The number of alkyl halides is 3. The van der Waals surface area contributed by atoms with Crippen molar-refractivity contribution < 1.29 is 13.6 Å². The van der Waals surface area contributed by atoms with Crippen molar-refractivity contribution in [1.29, 1.82) is 0 Å². The molecule has 0 unspecified atom stereocenters. The van der Waals surface area contributed by atoms with E-state index < -0.39 is 13.0 Å². The maximum absolute atomic E-state index is 12.1. The predicted octanol–water partition coefficient (Wildman–Crippen LogP) is 2.76. The zero-order chi connectivity index (χ0) is 11.8. The van der Waals surface area contributed by atoms with Crippen LogP contribution in [0.2, 0.25) is 0 Å². The van der Waals surface area contributed by atoms with Crippen molar-refractivity contribution in [1.82, 2.24) is 4.90 Å². The predicted molar refractivity (Wildman–Crippen MR) is 57.4 cm³/mol. The highest BCUT2D eigenvalue weighted by molar-refractivity contribution is 6.18. The van der Waals surface area contributed by atoms with Gasteiger partial charge in [0.05, 0.1) is 6.54 Å². The molecule has 0 heterocycles. The van der Waals surface area contributed by atoms with Crippen molar-refractivity contribution in [2.75, 3.05) is 19.0 Å². The van der Waals surface area contributed by atoms with Gasteiger partial charge in [0.25, 0.3) is 6.43 Å². The summed E-state index contributed by atoms with van der Waals surface area (Å²) in [6.45, 7) is 3.67. The number of carbonyl (C=O) groups is 1. The van der Waals surface area contributed by atoms with Crippen LogP contribution in [0.1, 0.15) is 26.7 Å². The van der Waals surface area contributed by atoms with Gasteiger partial charge in [-0.05, 0) is 12.3 Å². The van der Waals surface area contributed by atoms with E-state index in [-0.39, 0.29) is 18.3 Å². The van der Waals surface area contributed by atoms with Gasteiger partial charge in [0.15, 0.2) is 0 Å². The number of amides is 1. The molecule has 2 nitrogen and oxygen atoms in total. The van der Waals surface area contributed by atoms with Gasteiger partial charge in [0.1, 0.15) is 0 Å². The van der Waals surface area contributed by atoms with Crippen LogP contribution in [0.4, 0.5) is 8.78 Å². The molecule has 0 aromatic rings. The summed E-state index contributed by atoms with van der Waals surface area (Å²) in [4.78, 5) is 12.6. The van der Waals surface area contributed by atoms with E-state index in [1.807, 2.05) is 13.8 Å². The molecule has 0 saturated carbocycles. The van der Waals surface area contributed by atoms with E-state index in [4.69, 9.17) is 11.6 Å². The summed E-state index contributed by atoms with van der Waals surface area (Å²) in [6.07, 6.45) is -1.45. The highest BCUT2D eigenvalue weighted by Crippen LogP contribution is 2.08. The molecular formula is C10H18ClF2NO. The van der Waals surface area contributed by atoms with E-state index in [2.05, 4.69) is 0 Å². The lowest BCUT2D eigenvalue weighted by Crippen LogP contribution is -2.36. The van der Waals surface area contributed by atoms with Crippen molar-refractivity contribution in [2.45, 2.75) is 33.1 Å². The quantitative estimate of drug-likeness (QED) is 0.628. The van der Waals surface area contributed by atoms with Gasteiger partial charge in [-0.3, -0.25) is 4.79 Å². The monoisotopic (exact) mass is 241 g/mol.